The summed E-state index contributed by atoms with van der Waals surface area (Å²) in [5.41, 5.74) is 13.5. The van der Waals surface area contributed by atoms with Gasteiger partial charge in [-0.05, 0) is 85.1 Å². The van der Waals surface area contributed by atoms with Gasteiger partial charge in [-0.25, -0.2) is 0 Å². The van der Waals surface area contributed by atoms with Gasteiger partial charge in [0.25, 0.3) is 0 Å². The maximum atomic E-state index is 3.87. The monoisotopic (exact) mass is 653 g/mol. The first-order valence-electron chi connectivity index (χ1n) is 17.4. The minimum Gasteiger partial charge on any atom is -0.355 e. The second-order valence-corrected chi connectivity index (χ2v) is 18.4. The molecule has 1 N–H and O–H groups in total. The van der Waals surface area contributed by atoms with Crippen molar-refractivity contribution < 1.29 is 0 Å². The van der Waals surface area contributed by atoms with Gasteiger partial charge in [0.05, 0.1) is 0 Å². The highest BCUT2D eigenvalue weighted by Crippen LogP contribution is 2.45. The molecule has 8 aromatic carbocycles. The van der Waals surface area contributed by atoms with Gasteiger partial charge in [-0.1, -0.05) is 146 Å². The number of para-hydroxylation sites is 2. The fourth-order valence-corrected chi connectivity index (χ4v) is 11.3. The molecule has 0 unspecified atom stereocenters. The average molecular weight is 654 g/mol. The Morgan fingerprint density at radius 1 is 0.520 bits per heavy atom. The molecule has 2 heterocycles. The average Bonchev–Trinajstić information content (AvgIpc) is 3.16. The first-order valence-corrected chi connectivity index (χ1v) is 20.4. The molecular weight excluding hydrogens is 619 g/mol. The predicted octanol–water partition coefficient (Wildman–Crippen LogP) is 9.64. The highest BCUT2D eigenvalue weighted by Gasteiger charge is 2.42. The second-order valence-electron chi connectivity index (χ2n) is 14.1. The first-order chi connectivity index (χ1) is 24.5. The zero-order chi connectivity index (χ0) is 33.4. The fraction of sp³-hybridized carbons (Fsp3) is 0.0435. The van der Waals surface area contributed by atoms with Gasteiger partial charge in [0.2, 0.25) is 0 Å². The van der Waals surface area contributed by atoms with Crippen molar-refractivity contribution >= 4 is 86.6 Å². The molecule has 8 aromatic rings. The molecule has 2 nitrogen and oxygen atoms in total. The zero-order valence-electron chi connectivity index (χ0n) is 28.1. The smallest absolute Gasteiger partial charge is 0.197 e. The Morgan fingerprint density at radius 3 is 1.98 bits per heavy atom. The Hall–Kier alpha value is -5.84. The van der Waals surface area contributed by atoms with E-state index in [4.69, 9.17) is 0 Å². The molecule has 0 atom stereocenters. The van der Waals surface area contributed by atoms with E-state index in [-0.39, 0.29) is 0 Å². The highest BCUT2D eigenvalue weighted by molar-refractivity contribution is 7.03. The zero-order valence-corrected chi connectivity index (χ0v) is 29.1. The quantitative estimate of drug-likeness (QED) is 0.190. The summed E-state index contributed by atoms with van der Waals surface area (Å²) in [5, 5.41) is 11.8. The van der Waals surface area contributed by atoms with Crippen LogP contribution in [0.4, 0.5) is 28.4 Å². The van der Waals surface area contributed by atoms with Crippen LogP contribution >= 0.6 is 0 Å². The number of nitrogens with one attached hydrogen (secondary N) is 1. The van der Waals surface area contributed by atoms with Crippen LogP contribution in [0.1, 0.15) is 0 Å². The van der Waals surface area contributed by atoms with E-state index in [2.05, 4.69) is 194 Å². The van der Waals surface area contributed by atoms with E-state index in [1.807, 2.05) is 0 Å². The molecule has 2 aliphatic heterocycles. The number of nitrogens with zero attached hydrogens (tertiary/aromatic N) is 1. The molecule has 235 valence electrons. The van der Waals surface area contributed by atoms with Gasteiger partial charge in [0.1, 0.15) is 8.07 Å². The van der Waals surface area contributed by atoms with Gasteiger partial charge < -0.3 is 10.2 Å². The summed E-state index contributed by atoms with van der Waals surface area (Å²) in [6.07, 6.45) is 0. The molecule has 2 aliphatic rings. The Kier molecular flexibility index (Phi) is 6.46. The maximum absolute atomic E-state index is 3.87. The molecule has 0 aliphatic carbocycles. The van der Waals surface area contributed by atoms with Gasteiger partial charge in [-0.15, -0.1) is 0 Å². The Morgan fingerprint density at radius 2 is 1.16 bits per heavy atom. The highest BCUT2D eigenvalue weighted by atomic mass is 28.3. The molecule has 0 amide bonds. The minimum absolute atomic E-state index is 1.06. The summed E-state index contributed by atoms with van der Waals surface area (Å²) < 4.78 is 0. The third kappa shape index (κ3) is 4.42. The normalized spacial score (nSPS) is 13.7. The van der Waals surface area contributed by atoms with Crippen LogP contribution in [0.2, 0.25) is 13.1 Å². The lowest BCUT2D eigenvalue weighted by atomic mass is 9.57. The summed E-state index contributed by atoms with van der Waals surface area (Å²) in [4.78, 5) is 2.59. The lowest BCUT2D eigenvalue weighted by Gasteiger charge is -2.45. The van der Waals surface area contributed by atoms with Crippen LogP contribution in [-0.2, 0) is 0 Å². The number of anilines is 5. The molecule has 0 fully saturated rings. The Labute approximate surface area is 294 Å². The molecule has 50 heavy (non-hydrogen) atoms. The van der Waals surface area contributed by atoms with E-state index in [1.54, 1.807) is 0 Å². The van der Waals surface area contributed by atoms with Crippen molar-refractivity contribution in [3.8, 4) is 22.3 Å². The summed E-state index contributed by atoms with van der Waals surface area (Å²) in [5.74, 6) is 0. The van der Waals surface area contributed by atoms with Gasteiger partial charge in [0, 0.05) is 39.4 Å². The molecule has 0 saturated heterocycles. The lowest BCUT2D eigenvalue weighted by molar-refractivity contribution is 1.31. The molecule has 0 saturated carbocycles. The van der Waals surface area contributed by atoms with Crippen LogP contribution in [0.15, 0.2) is 164 Å². The first kappa shape index (κ1) is 29.1. The summed E-state index contributed by atoms with van der Waals surface area (Å²) >= 11 is 0. The molecular formula is C46H34BN2Si. The number of benzene rings is 8. The van der Waals surface area contributed by atoms with Crippen LogP contribution in [0, 0.1) is 0 Å². The van der Waals surface area contributed by atoms with Crippen molar-refractivity contribution in [2.24, 2.45) is 0 Å². The topological polar surface area (TPSA) is 15.3 Å². The minimum atomic E-state index is -1.93. The predicted molar refractivity (Wildman–Crippen MR) is 219 cm³/mol. The van der Waals surface area contributed by atoms with Crippen LogP contribution < -0.4 is 31.5 Å². The molecule has 1 radical (unpaired) electrons. The van der Waals surface area contributed by atoms with Crippen molar-refractivity contribution in [2.45, 2.75) is 13.1 Å². The number of hydrogen-bond acceptors (Lipinski definition) is 2. The van der Waals surface area contributed by atoms with Crippen molar-refractivity contribution in [1.82, 2.24) is 0 Å². The van der Waals surface area contributed by atoms with Crippen molar-refractivity contribution in [1.29, 1.82) is 0 Å². The summed E-state index contributed by atoms with van der Waals surface area (Å²) in [7, 11) is 0.523. The molecule has 0 spiro atoms. The molecule has 0 aromatic heterocycles. The molecule has 0 bridgehead atoms. The van der Waals surface area contributed by atoms with Crippen molar-refractivity contribution in [3.63, 3.8) is 0 Å². The van der Waals surface area contributed by atoms with Crippen molar-refractivity contribution in [2.75, 3.05) is 10.2 Å². The standard InChI is InChI=1S/C46H34BN2Si/c1-50(2)42-21-11-10-20-41(42)49-45-36-18-9-8-17-34(36)28-38(44(45)47-39-19-12-22-43(50)46(39)49)37-27-32-15-6-7-16-33(32)29-40(37)48-35-25-23-31(24-26-35)30-13-4-3-5-14-30/h3-29,48H,1-2H3. The van der Waals surface area contributed by atoms with Gasteiger partial charge in [0.15, 0.2) is 7.28 Å². The SMILES string of the molecule is C[Si]1(C)c2ccccc2N2c3c(cccc31)[B]c1c(-c3cc4ccccc4cc3Nc3ccc(-c4ccccc4)cc3)cc3ccccc3c12. The van der Waals surface area contributed by atoms with Gasteiger partial charge in [-0.3, -0.25) is 0 Å². The largest absolute Gasteiger partial charge is 0.355 e. The third-order valence-corrected chi connectivity index (χ3v) is 14.3. The van der Waals surface area contributed by atoms with Crippen molar-refractivity contribution in [3.05, 3.63) is 164 Å². The third-order valence-electron chi connectivity index (χ3n) is 10.8. The Balaban J connectivity index is 1.21. The van der Waals surface area contributed by atoms with Gasteiger partial charge in [-0.2, -0.15) is 0 Å². The number of fused-ring (bicyclic) bond motifs is 7. The van der Waals surface area contributed by atoms with Crippen LogP contribution in [0.3, 0.4) is 0 Å². The second kappa shape index (κ2) is 11.1. The Bertz CT molecular complexity index is 2630. The van der Waals surface area contributed by atoms with Crippen LogP contribution in [0.5, 0.6) is 0 Å². The summed E-state index contributed by atoms with van der Waals surface area (Å²) in [6.45, 7) is 5.00. The van der Waals surface area contributed by atoms with E-state index in [0.29, 0.717) is 0 Å². The molecule has 4 heteroatoms. The maximum Gasteiger partial charge on any atom is 0.197 e. The number of rotatable bonds is 4. The van der Waals surface area contributed by atoms with Crippen LogP contribution in [0.25, 0.3) is 43.8 Å². The van der Waals surface area contributed by atoms with E-state index in [9.17, 15) is 0 Å². The van der Waals surface area contributed by atoms with Gasteiger partial charge >= 0.3 is 0 Å². The van der Waals surface area contributed by atoms with E-state index in [0.717, 1.165) is 11.4 Å². The van der Waals surface area contributed by atoms with E-state index >= 15 is 0 Å². The van der Waals surface area contributed by atoms with E-state index in [1.165, 1.54) is 82.2 Å². The lowest BCUT2D eigenvalue weighted by Crippen LogP contribution is -2.62. The van der Waals surface area contributed by atoms with E-state index < -0.39 is 8.07 Å². The number of hydrogen-bond donors (Lipinski definition) is 1. The fourth-order valence-electron chi connectivity index (χ4n) is 8.34. The van der Waals surface area contributed by atoms with Crippen LogP contribution in [-0.4, -0.2) is 15.4 Å². The summed E-state index contributed by atoms with van der Waals surface area (Å²) in [6, 6.07) is 60.1. The molecule has 10 rings (SSSR count).